The number of amides is 2. The van der Waals surface area contributed by atoms with Crippen molar-refractivity contribution < 1.29 is 14.6 Å². The SMILES string of the molecule is CCCCNC(=O)NCC(O)c1cccc(OC)c1. The van der Waals surface area contributed by atoms with E-state index in [9.17, 15) is 9.90 Å². The quantitative estimate of drug-likeness (QED) is 0.659. The second-order valence-corrected chi connectivity index (χ2v) is 4.28. The third-order valence-corrected chi connectivity index (χ3v) is 2.75. The average Bonchev–Trinajstić information content (AvgIpc) is 2.45. The van der Waals surface area contributed by atoms with Crippen molar-refractivity contribution in [1.82, 2.24) is 10.6 Å². The average molecular weight is 266 g/mol. The molecule has 0 aromatic heterocycles. The van der Waals surface area contributed by atoms with Crippen molar-refractivity contribution in [3.63, 3.8) is 0 Å². The van der Waals surface area contributed by atoms with Crippen LogP contribution in [0.25, 0.3) is 0 Å². The predicted molar refractivity (Wildman–Crippen MR) is 74.3 cm³/mol. The van der Waals surface area contributed by atoms with Crippen LogP contribution in [0.5, 0.6) is 5.75 Å². The van der Waals surface area contributed by atoms with Crippen molar-refractivity contribution in [2.24, 2.45) is 0 Å². The van der Waals surface area contributed by atoms with Crippen molar-refractivity contribution in [3.05, 3.63) is 29.8 Å². The molecule has 1 aromatic carbocycles. The molecule has 1 atom stereocenters. The van der Waals surface area contributed by atoms with Gasteiger partial charge in [0.2, 0.25) is 0 Å². The molecule has 1 unspecified atom stereocenters. The second kappa shape index (κ2) is 8.37. The summed E-state index contributed by atoms with van der Waals surface area (Å²) in [5.74, 6) is 0.684. The van der Waals surface area contributed by atoms with E-state index in [4.69, 9.17) is 4.74 Å². The number of benzene rings is 1. The molecule has 5 heteroatoms. The highest BCUT2D eigenvalue weighted by Gasteiger charge is 2.09. The summed E-state index contributed by atoms with van der Waals surface area (Å²) in [5.41, 5.74) is 0.716. The summed E-state index contributed by atoms with van der Waals surface area (Å²) in [6, 6.07) is 6.90. The van der Waals surface area contributed by atoms with Crippen LogP contribution in [-0.2, 0) is 0 Å². The normalized spacial score (nSPS) is 11.7. The van der Waals surface area contributed by atoms with Gasteiger partial charge in [0.15, 0.2) is 0 Å². The van der Waals surface area contributed by atoms with Crippen LogP contribution in [0.1, 0.15) is 31.4 Å². The first-order valence-electron chi connectivity index (χ1n) is 6.51. The molecule has 1 aromatic rings. The van der Waals surface area contributed by atoms with Gasteiger partial charge in [0, 0.05) is 13.1 Å². The Labute approximate surface area is 114 Å². The zero-order chi connectivity index (χ0) is 14.1. The van der Waals surface area contributed by atoms with E-state index in [0.29, 0.717) is 17.9 Å². The van der Waals surface area contributed by atoms with Gasteiger partial charge in [-0.15, -0.1) is 0 Å². The summed E-state index contributed by atoms with van der Waals surface area (Å²) in [5, 5.41) is 15.3. The fourth-order valence-electron chi connectivity index (χ4n) is 1.60. The number of aliphatic hydroxyl groups excluding tert-OH is 1. The molecule has 0 aliphatic heterocycles. The summed E-state index contributed by atoms with van der Waals surface area (Å²) in [4.78, 5) is 11.4. The molecule has 1 rings (SSSR count). The summed E-state index contributed by atoms with van der Waals surface area (Å²) in [6.45, 7) is 2.88. The number of rotatable bonds is 7. The lowest BCUT2D eigenvalue weighted by Crippen LogP contribution is -2.38. The largest absolute Gasteiger partial charge is 0.497 e. The van der Waals surface area contributed by atoms with Crippen LogP contribution in [0.15, 0.2) is 24.3 Å². The lowest BCUT2D eigenvalue weighted by Gasteiger charge is -2.13. The summed E-state index contributed by atoms with van der Waals surface area (Å²) in [6.07, 6.45) is 1.24. The number of aliphatic hydroxyl groups is 1. The number of hydrogen-bond donors (Lipinski definition) is 3. The molecule has 0 heterocycles. The van der Waals surface area contributed by atoms with Gasteiger partial charge in [0.05, 0.1) is 13.2 Å². The molecule has 0 aliphatic rings. The van der Waals surface area contributed by atoms with E-state index in [0.717, 1.165) is 12.8 Å². The molecule has 2 amide bonds. The Bertz CT molecular complexity index is 396. The zero-order valence-corrected chi connectivity index (χ0v) is 11.5. The van der Waals surface area contributed by atoms with E-state index in [1.807, 2.05) is 0 Å². The fraction of sp³-hybridized carbons (Fsp3) is 0.500. The lowest BCUT2D eigenvalue weighted by molar-refractivity contribution is 0.173. The van der Waals surface area contributed by atoms with Gasteiger partial charge < -0.3 is 20.5 Å². The third kappa shape index (κ3) is 5.61. The third-order valence-electron chi connectivity index (χ3n) is 2.75. The Morgan fingerprint density at radius 1 is 1.42 bits per heavy atom. The van der Waals surface area contributed by atoms with Gasteiger partial charge in [-0.05, 0) is 24.1 Å². The van der Waals surface area contributed by atoms with Gasteiger partial charge in [-0.3, -0.25) is 0 Å². The van der Waals surface area contributed by atoms with Gasteiger partial charge in [0.1, 0.15) is 5.75 Å². The van der Waals surface area contributed by atoms with E-state index in [1.54, 1.807) is 31.4 Å². The Morgan fingerprint density at radius 2 is 2.21 bits per heavy atom. The van der Waals surface area contributed by atoms with Crippen molar-refractivity contribution in [2.75, 3.05) is 20.2 Å². The Kier molecular flexibility index (Phi) is 6.74. The molecule has 106 valence electrons. The highest BCUT2D eigenvalue weighted by atomic mass is 16.5. The molecule has 3 N–H and O–H groups in total. The first-order chi connectivity index (χ1) is 9.17. The predicted octanol–water partition coefficient (Wildman–Crippen LogP) is 1.83. The van der Waals surface area contributed by atoms with Gasteiger partial charge in [-0.1, -0.05) is 25.5 Å². The molecule has 0 radical (unpaired) electrons. The minimum absolute atomic E-state index is 0.172. The van der Waals surface area contributed by atoms with Crippen LogP contribution in [0.4, 0.5) is 4.79 Å². The van der Waals surface area contributed by atoms with Crippen LogP contribution < -0.4 is 15.4 Å². The highest BCUT2D eigenvalue weighted by molar-refractivity contribution is 5.73. The number of methoxy groups -OCH3 is 1. The minimum atomic E-state index is -0.743. The fourth-order valence-corrected chi connectivity index (χ4v) is 1.60. The van der Waals surface area contributed by atoms with Crippen LogP contribution in [0.2, 0.25) is 0 Å². The van der Waals surface area contributed by atoms with E-state index in [-0.39, 0.29) is 12.6 Å². The van der Waals surface area contributed by atoms with Crippen molar-refractivity contribution >= 4 is 6.03 Å². The summed E-state index contributed by atoms with van der Waals surface area (Å²) >= 11 is 0. The lowest BCUT2D eigenvalue weighted by atomic mass is 10.1. The Morgan fingerprint density at radius 3 is 2.89 bits per heavy atom. The summed E-state index contributed by atoms with van der Waals surface area (Å²) < 4.78 is 5.09. The number of carbonyl (C=O) groups is 1. The first-order valence-corrected chi connectivity index (χ1v) is 6.51. The van der Waals surface area contributed by atoms with E-state index < -0.39 is 6.10 Å². The number of hydrogen-bond acceptors (Lipinski definition) is 3. The number of nitrogens with one attached hydrogen (secondary N) is 2. The molecule has 5 nitrogen and oxygen atoms in total. The maximum atomic E-state index is 11.4. The van der Waals surface area contributed by atoms with Crippen molar-refractivity contribution in [1.29, 1.82) is 0 Å². The number of urea groups is 1. The monoisotopic (exact) mass is 266 g/mol. The van der Waals surface area contributed by atoms with Crippen molar-refractivity contribution in [3.8, 4) is 5.75 Å². The standard InChI is InChI=1S/C14H22N2O3/c1-3-4-8-15-14(18)16-10-13(17)11-6-5-7-12(9-11)19-2/h5-7,9,13,17H,3-4,8,10H2,1-2H3,(H2,15,16,18). The van der Waals surface area contributed by atoms with E-state index in [1.165, 1.54) is 0 Å². The number of carbonyl (C=O) groups excluding carboxylic acids is 1. The molecule has 0 fully saturated rings. The molecule has 0 spiro atoms. The molecule has 0 aliphatic carbocycles. The molecular formula is C14H22N2O3. The second-order valence-electron chi connectivity index (χ2n) is 4.28. The van der Waals surface area contributed by atoms with Crippen LogP contribution in [0, 0.1) is 0 Å². The highest BCUT2D eigenvalue weighted by Crippen LogP contribution is 2.18. The summed E-state index contributed by atoms with van der Waals surface area (Å²) in [7, 11) is 1.57. The number of ether oxygens (including phenoxy) is 1. The molecule has 0 bridgehead atoms. The Balaban J connectivity index is 2.37. The van der Waals surface area contributed by atoms with Gasteiger partial charge >= 0.3 is 6.03 Å². The molecule has 0 saturated carbocycles. The van der Waals surface area contributed by atoms with Crippen LogP contribution in [-0.4, -0.2) is 31.3 Å². The smallest absolute Gasteiger partial charge is 0.314 e. The van der Waals surface area contributed by atoms with E-state index in [2.05, 4.69) is 17.6 Å². The zero-order valence-electron chi connectivity index (χ0n) is 11.5. The Hall–Kier alpha value is -1.75. The topological polar surface area (TPSA) is 70.6 Å². The van der Waals surface area contributed by atoms with Gasteiger partial charge in [-0.2, -0.15) is 0 Å². The maximum Gasteiger partial charge on any atom is 0.314 e. The first kappa shape index (κ1) is 15.3. The minimum Gasteiger partial charge on any atom is -0.497 e. The van der Waals surface area contributed by atoms with Gasteiger partial charge in [-0.25, -0.2) is 4.79 Å². The molecule has 0 saturated heterocycles. The van der Waals surface area contributed by atoms with E-state index >= 15 is 0 Å². The maximum absolute atomic E-state index is 11.4. The van der Waals surface area contributed by atoms with Gasteiger partial charge in [0.25, 0.3) is 0 Å². The molecule has 19 heavy (non-hydrogen) atoms. The van der Waals surface area contributed by atoms with Crippen molar-refractivity contribution in [2.45, 2.75) is 25.9 Å². The number of unbranched alkanes of at least 4 members (excludes halogenated alkanes) is 1. The van der Waals surface area contributed by atoms with Crippen LogP contribution in [0.3, 0.4) is 0 Å². The molecular weight excluding hydrogens is 244 g/mol. The van der Waals surface area contributed by atoms with Crippen LogP contribution >= 0.6 is 0 Å².